The van der Waals surface area contributed by atoms with Crippen LogP contribution in [0.4, 0.5) is 5.00 Å². The summed E-state index contributed by atoms with van der Waals surface area (Å²) < 4.78 is 0. The minimum atomic E-state index is -0.437. The Morgan fingerprint density at radius 2 is 2.19 bits per heavy atom. The van der Waals surface area contributed by atoms with Crippen molar-refractivity contribution in [3.63, 3.8) is 0 Å². The molecule has 9 heteroatoms. The van der Waals surface area contributed by atoms with E-state index in [0.29, 0.717) is 22.1 Å². The normalized spacial score (nSPS) is 14.3. The van der Waals surface area contributed by atoms with E-state index in [1.54, 1.807) is 6.92 Å². The molecule has 0 radical (unpaired) electrons. The van der Waals surface area contributed by atoms with E-state index in [2.05, 4.69) is 26.6 Å². The molecule has 1 aliphatic rings. The monoisotopic (exact) mass is 389 g/mol. The van der Waals surface area contributed by atoms with Crippen LogP contribution in [0, 0.1) is 18.3 Å². The van der Waals surface area contributed by atoms with E-state index in [1.807, 2.05) is 6.92 Å². The van der Waals surface area contributed by atoms with Crippen LogP contribution in [0.15, 0.2) is 9.95 Å². The van der Waals surface area contributed by atoms with E-state index in [-0.39, 0.29) is 17.2 Å². The lowest BCUT2D eigenvalue weighted by atomic mass is 9.96. The fourth-order valence-electron chi connectivity index (χ4n) is 2.85. The van der Waals surface area contributed by atoms with Gasteiger partial charge in [0, 0.05) is 4.88 Å². The Bertz CT molecular complexity index is 928. The topological polar surface area (TPSA) is 112 Å². The van der Waals surface area contributed by atoms with Gasteiger partial charge in [0.25, 0.3) is 5.56 Å². The van der Waals surface area contributed by atoms with Gasteiger partial charge in [0.1, 0.15) is 16.8 Å². The molecule has 136 valence electrons. The summed E-state index contributed by atoms with van der Waals surface area (Å²) in [6.45, 7) is 3.47. The van der Waals surface area contributed by atoms with E-state index in [9.17, 15) is 14.9 Å². The van der Waals surface area contributed by atoms with E-state index >= 15 is 0 Å². The summed E-state index contributed by atoms with van der Waals surface area (Å²) in [5, 5.41) is 20.7. The van der Waals surface area contributed by atoms with Gasteiger partial charge >= 0.3 is 0 Å². The van der Waals surface area contributed by atoms with Crippen molar-refractivity contribution in [2.45, 2.75) is 56.4 Å². The first kappa shape index (κ1) is 18.6. The molecule has 2 heterocycles. The number of hydrogen-bond donors (Lipinski definition) is 2. The zero-order chi connectivity index (χ0) is 18.7. The number of thiophene rings is 1. The van der Waals surface area contributed by atoms with Gasteiger partial charge in [0.2, 0.25) is 5.91 Å². The fourth-order valence-corrected chi connectivity index (χ4v) is 4.94. The van der Waals surface area contributed by atoms with Crippen LogP contribution in [0.5, 0.6) is 0 Å². The number of rotatable bonds is 5. The first-order valence-electron chi connectivity index (χ1n) is 8.49. The molecule has 0 bridgehead atoms. The van der Waals surface area contributed by atoms with Gasteiger partial charge in [-0.2, -0.15) is 5.26 Å². The standard InChI is InChI=1S/C17H19N5O2S2/c1-3-12(26-17-20-14(23)9(2)21-22-17)15(24)19-16-11(8-18)10-6-4-5-7-13(10)25-16/h12H,3-7H2,1-2H3,(H,19,24)(H,20,22,23)/t12-/m0/s1. The molecule has 1 atom stereocenters. The van der Waals surface area contributed by atoms with Crippen molar-refractivity contribution in [1.29, 1.82) is 5.26 Å². The third kappa shape index (κ3) is 3.81. The molecule has 2 aromatic heterocycles. The smallest absolute Gasteiger partial charge is 0.273 e. The maximum absolute atomic E-state index is 12.7. The number of anilines is 1. The van der Waals surface area contributed by atoms with Crippen LogP contribution in [0.1, 0.15) is 47.9 Å². The molecule has 0 spiro atoms. The average molecular weight is 390 g/mol. The van der Waals surface area contributed by atoms with Gasteiger partial charge in [-0.3, -0.25) is 14.6 Å². The predicted octanol–water partition coefficient (Wildman–Crippen LogP) is 2.79. The van der Waals surface area contributed by atoms with Gasteiger partial charge in [-0.1, -0.05) is 18.7 Å². The van der Waals surface area contributed by atoms with E-state index in [4.69, 9.17) is 0 Å². The number of amides is 1. The quantitative estimate of drug-likeness (QED) is 0.761. The van der Waals surface area contributed by atoms with Crippen molar-refractivity contribution in [3.8, 4) is 6.07 Å². The Kier molecular flexibility index (Phi) is 5.74. The lowest BCUT2D eigenvalue weighted by Crippen LogP contribution is -2.25. The molecular weight excluding hydrogens is 370 g/mol. The minimum absolute atomic E-state index is 0.198. The number of carbonyl (C=O) groups excluding carboxylic acids is 1. The van der Waals surface area contributed by atoms with Crippen LogP contribution in [-0.2, 0) is 17.6 Å². The molecule has 0 aromatic carbocycles. The summed E-state index contributed by atoms with van der Waals surface area (Å²) in [5.74, 6) is -0.198. The van der Waals surface area contributed by atoms with Crippen molar-refractivity contribution in [1.82, 2.24) is 15.2 Å². The number of carbonyl (C=O) groups is 1. The second kappa shape index (κ2) is 8.01. The van der Waals surface area contributed by atoms with Crippen LogP contribution in [0.2, 0.25) is 0 Å². The molecule has 26 heavy (non-hydrogen) atoms. The number of nitriles is 1. The molecule has 1 amide bonds. The largest absolute Gasteiger partial charge is 0.316 e. The highest BCUT2D eigenvalue weighted by Gasteiger charge is 2.25. The van der Waals surface area contributed by atoms with Crippen LogP contribution >= 0.6 is 23.1 Å². The number of hydrogen-bond acceptors (Lipinski definition) is 7. The lowest BCUT2D eigenvalue weighted by molar-refractivity contribution is -0.115. The highest BCUT2D eigenvalue weighted by Crippen LogP contribution is 2.38. The summed E-state index contributed by atoms with van der Waals surface area (Å²) in [6, 6.07) is 2.25. The van der Waals surface area contributed by atoms with Crippen LogP contribution in [0.3, 0.4) is 0 Å². The predicted molar refractivity (Wildman–Crippen MR) is 102 cm³/mol. The van der Waals surface area contributed by atoms with Gasteiger partial charge < -0.3 is 5.32 Å². The maximum atomic E-state index is 12.7. The average Bonchev–Trinajstić information content (AvgIpc) is 2.99. The molecule has 0 aliphatic heterocycles. The number of aromatic nitrogens is 3. The second-order valence-electron chi connectivity index (χ2n) is 6.08. The van der Waals surface area contributed by atoms with Gasteiger partial charge in [-0.05, 0) is 44.6 Å². The molecule has 0 unspecified atom stereocenters. The molecule has 3 rings (SSSR count). The molecular formula is C17H19N5O2S2. The van der Waals surface area contributed by atoms with Crippen LogP contribution in [-0.4, -0.2) is 26.3 Å². The lowest BCUT2D eigenvalue weighted by Gasteiger charge is -2.13. The first-order valence-corrected chi connectivity index (χ1v) is 10.2. The molecule has 2 aromatic rings. The number of nitrogens with one attached hydrogen (secondary N) is 2. The second-order valence-corrected chi connectivity index (χ2v) is 8.37. The first-order chi connectivity index (χ1) is 12.5. The number of H-pyrrole nitrogens is 1. The van der Waals surface area contributed by atoms with Crippen LogP contribution < -0.4 is 10.9 Å². The third-order valence-electron chi connectivity index (χ3n) is 4.28. The maximum Gasteiger partial charge on any atom is 0.273 e. The van der Waals surface area contributed by atoms with Crippen molar-refractivity contribution >= 4 is 34.0 Å². The van der Waals surface area contributed by atoms with E-state index in [0.717, 1.165) is 31.2 Å². The van der Waals surface area contributed by atoms with Crippen molar-refractivity contribution in [2.75, 3.05) is 5.32 Å². The number of aromatic amines is 1. The highest BCUT2D eigenvalue weighted by atomic mass is 32.2. The zero-order valence-electron chi connectivity index (χ0n) is 14.6. The summed E-state index contributed by atoms with van der Waals surface area (Å²) in [4.78, 5) is 28.2. The van der Waals surface area contributed by atoms with Gasteiger partial charge in [-0.25, -0.2) is 0 Å². The zero-order valence-corrected chi connectivity index (χ0v) is 16.2. The molecule has 2 N–H and O–H groups in total. The van der Waals surface area contributed by atoms with Gasteiger partial charge in [0.15, 0.2) is 5.16 Å². The van der Waals surface area contributed by atoms with Crippen LogP contribution in [0.25, 0.3) is 0 Å². The van der Waals surface area contributed by atoms with E-state index in [1.165, 1.54) is 28.0 Å². The Labute approximate surface area is 159 Å². The fraction of sp³-hybridized carbons (Fsp3) is 0.471. The number of fused-ring (bicyclic) bond motifs is 1. The number of thioether (sulfide) groups is 1. The van der Waals surface area contributed by atoms with Gasteiger partial charge in [0.05, 0.1) is 10.8 Å². The number of nitrogens with zero attached hydrogens (tertiary/aromatic N) is 3. The SMILES string of the molecule is CC[C@H](Sc1nnc(C)c(=O)[nH]1)C(=O)Nc1sc2c(c1C#N)CCCC2. The number of aryl methyl sites for hydroxylation is 2. The Morgan fingerprint density at radius 1 is 1.42 bits per heavy atom. The van der Waals surface area contributed by atoms with Crippen molar-refractivity contribution < 1.29 is 4.79 Å². The minimum Gasteiger partial charge on any atom is -0.316 e. The van der Waals surface area contributed by atoms with Crippen molar-refractivity contribution in [3.05, 3.63) is 32.1 Å². The summed E-state index contributed by atoms with van der Waals surface area (Å²) in [7, 11) is 0. The highest BCUT2D eigenvalue weighted by molar-refractivity contribution is 8.00. The molecule has 0 fully saturated rings. The Morgan fingerprint density at radius 3 is 2.88 bits per heavy atom. The van der Waals surface area contributed by atoms with E-state index < -0.39 is 5.25 Å². The Hall–Kier alpha value is -2.18. The molecule has 0 saturated heterocycles. The molecule has 7 nitrogen and oxygen atoms in total. The van der Waals surface area contributed by atoms with Gasteiger partial charge in [-0.15, -0.1) is 21.5 Å². The summed E-state index contributed by atoms with van der Waals surface area (Å²) >= 11 is 2.67. The summed E-state index contributed by atoms with van der Waals surface area (Å²) in [6.07, 6.45) is 4.63. The Balaban J connectivity index is 1.77. The molecule has 1 aliphatic carbocycles. The third-order valence-corrected chi connectivity index (χ3v) is 6.72. The molecule has 0 saturated carbocycles. The van der Waals surface area contributed by atoms with Crippen molar-refractivity contribution in [2.24, 2.45) is 0 Å². The summed E-state index contributed by atoms with van der Waals surface area (Å²) in [5.41, 5.74) is 1.67.